The van der Waals surface area contributed by atoms with E-state index >= 15 is 0 Å². The smallest absolute Gasteiger partial charge is 0.542 e. The molecule has 0 unspecified atom stereocenters. The van der Waals surface area contributed by atoms with E-state index in [1.807, 2.05) is 42.0 Å². The molecule has 0 amide bonds. The van der Waals surface area contributed by atoms with Crippen LogP contribution >= 0.6 is 22.9 Å². The fourth-order valence-electron chi connectivity index (χ4n) is 3.21. The quantitative estimate of drug-likeness (QED) is 0.493. The third-order valence-corrected chi connectivity index (χ3v) is 6.08. The van der Waals surface area contributed by atoms with E-state index in [-0.39, 0.29) is 75.3 Å². The average molecular weight is 517 g/mol. The molecule has 8 heteroatoms. The Balaban J connectivity index is 0.00000210. The molecule has 3 aromatic rings. The van der Waals surface area contributed by atoms with E-state index in [1.165, 1.54) is 10.4 Å². The first kappa shape index (κ1) is 21.5. The monoisotopic (exact) mass is 516 g/mol. The van der Waals surface area contributed by atoms with Gasteiger partial charge in [0, 0.05) is 21.0 Å². The summed E-state index contributed by atoms with van der Waals surface area (Å²) in [5.74, 6) is 1.46. The van der Waals surface area contributed by atoms with Crippen LogP contribution < -0.4 is 68.9 Å². The molecule has 0 saturated carbocycles. The summed E-state index contributed by atoms with van der Waals surface area (Å²) in [5.41, 5.74) is 4.05. The predicted octanol–water partition coefficient (Wildman–Crippen LogP) is 1.30. The Bertz CT molecular complexity index is 1040. The van der Waals surface area contributed by atoms with E-state index in [9.17, 15) is 4.79 Å². The van der Waals surface area contributed by atoms with Gasteiger partial charge in [-0.05, 0) is 38.5 Å². The van der Waals surface area contributed by atoms with E-state index in [1.54, 1.807) is 11.3 Å². The van der Waals surface area contributed by atoms with Gasteiger partial charge < -0.3 is 4.79 Å². The summed E-state index contributed by atoms with van der Waals surface area (Å²) < 4.78 is 2.02. The number of rotatable bonds is 3. The Hall–Kier alpha value is -0.258. The number of fused-ring (bicyclic) bond motifs is 3. The van der Waals surface area contributed by atoms with Gasteiger partial charge in [-0.2, -0.15) is 0 Å². The molecule has 0 radical (unpaired) electrons. The normalized spacial score (nSPS) is 15.3. The standard InChI is InChI=1S/C19H16ClN4OS.Cs/c1-10-11(2)26-19-16(10)17(13-4-6-14(20)7-5-13)21-15(8-9-25)18-23-22-12(3)24(18)19;/h4-7,15H,8H2,1-3H3;/q-1;+1/t15-;/m0./s1. The third kappa shape index (κ3) is 3.81. The number of hydrogen-bond donors (Lipinski definition) is 0. The van der Waals surface area contributed by atoms with Gasteiger partial charge in [0.2, 0.25) is 0 Å². The van der Waals surface area contributed by atoms with Crippen molar-refractivity contribution >= 4 is 34.9 Å². The van der Waals surface area contributed by atoms with Gasteiger partial charge in [0.15, 0.2) is 5.82 Å². The Morgan fingerprint density at radius 1 is 1.19 bits per heavy atom. The number of hydrogen-bond acceptors (Lipinski definition) is 5. The number of aromatic nitrogens is 3. The van der Waals surface area contributed by atoms with E-state index in [4.69, 9.17) is 16.6 Å². The van der Waals surface area contributed by atoms with Gasteiger partial charge in [-0.3, -0.25) is 15.8 Å². The fraction of sp³-hybridized carbons (Fsp3) is 0.263. The summed E-state index contributed by atoms with van der Waals surface area (Å²) in [5, 5.41) is 10.2. The van der Waals surface area contributed by atoms with Crippen molar-refractivity contribution in [2.45, 2.75) is 33.2 Å². The minimum atomic E-state index is -0.418. The van der Waals surface area contributed by atoms with Gasteiger partial charge in [-0.25, -0.2) is 0 Å². The van der Waals surface area contributed by atoms with Crippen LogP contribution in [0.3, 0.4) is 0 Å². The molecule has 0 fully saturated rings. The topological polar surface area (TPSA) is 60.1 Å². The van der Waals surface area contributed by atoms with E-state index in [2.05, 4.69) is 24.0 Å². The number of benzene rings is 1. The summed E-state index contributed by atoms with van der Waals surface area (Å²) in [7, 11) is 0. The zero-order valence-electron chi connectivity index (χ0n) is 15.6. The van der Waals surface area contributed by atoms with Crippen molar-refractivity contribution in [3.63, 3.8) is 0 Å². The van der Waals surface area contributed by atoms with Gasteiger partial charge in [0.1, 0.15) is 10.8 Å². The van der Waals surface area contributed by atoms with Crippen molar-refractivity contribution in [3.8, 4) is 5.00 Å². The summed E-state index contributed by atoms with van der Waals surface area (Å²) in [6.07, 6.45) is 2.13. The van der Waals surface area contributed by atoms with Crippen molar-refractivity contribution in [1.29, 1.82) is 0 Å². The zero-order valence-corrected chi connectivity index (χ0v) is 23.4. The number of thiophene rings is 1. The number of aryl methyl sites for hydroxylation is 2. The Morgan fingerprint density at radius 2 is 1.89 bits per heavy atom. The Labute approximate surface area is 225 Å². The van der Waals surface area contributed by atoms with Gasteiger partial charge in [0.05, 0.1) is 11.8 Å². The molecule has 3 heterocycles. The van der Waals surface area contributed by atoms with Gasteiger partial charge in [0.25, 0.3) is 0 Å². The van der Waals surface area contributed by atoms with Gasteiger partial charge >= 0.3 is 68.9 Å². The second kappa shape index (κ2) is 8.63. The molecule has 1 aliphatic heterocycles. The molecule has 1 aliphatic rings. The molecule has 0 spiro atoms. The molecular weight excluding hydrogens is 501 g/mol. The molecular formula is C19H16ClCsN4OS. The minimum absolute atomic E-state index is 0. The van der Waals surface area contributed by atoms with E-state index in [0.29, 0.717) is 10.8 Å². The number of halogens is 1. The SMILES string of the molecule is Cc1sc2c(c1C)C(c1ccc(Cl)cc1)=N[C@@H](C[C-]=O)c1nnc(C)n1-2.[Cs+]. The van der Waals surface area contributed by atoms with Crippen molar-refractivity contribution < 1.29 is 73.7 Å². The van der Waals surface area contributed by atoms with Crippen molar-refractivity contribution in [2.75, 3.05) is 0 Å². The summed E-state index contributed by atoms with van der Waals surface area (Å²) in [4.78, 5) is 17.3. The number of carbonyl (C=O) groups excluding carboxylic acids is 1. The summed E-state index contributed by atoms with van der Waals surface area (Å²) >= 11 is 7.75. The van der Waals surface area contributed by atoms with Crippen LogP contribution in [0.4, 0.5) is 0 Å². The molecule has 5 nitrogen and oxygen atoms in total. The fourth-order valence-corrected chi connectivity index (χ4v) is 4.55. The first-order valence-electron chi connectivity index (χ1n) is 8.22. The number of nitrogens with zero attached hydrogens (tertiary/aromatic N) is 4. The molecule has 0 aliphatic carbocycles. The molecule has 4 rings (SSSR count). The van der Waals surface area contributed by atoms with Gasteiger partial charge in [-0.1, -0.05) is 23.7 Å². The largest absolute Gasteiger partial charge is 1.00 e. The molecule has 0 saturated heterocycles. The van der Waals surface area contributed by atoms with Crippen molar-refractivity contribution in [3.05, 3.63) is 62.5 Å². The molecule has 132 valence electrons. The van der Waals surface area contributed by atoms with Crippen LogP contribution in [0, 0.1) is 20.8 Å². The maximum absolute atomic E-state index is 11.2. The molecule has 1 aromatic carbocycles. The first-order chi connectivity index (χ1) is 12.5. The van der Waals surface area contributed by atoms with Crippen LogP contribution in [0.25, 0.3) is 5.00 Å². The maximum Gasteiger partial charge on any atom is 1.00 e. The maximum atomic E-state index is 11.2. The zero-order chi connectivity index (χ0) is 18.4. The second-order valence-electron chi connectivity index (χ2n) is 6.25. The number of aliphatic imine (C=N–C) groups is 1. The van der Waals surface area contributed by atoms with Gasteiger partial charge in [-0.15, -0.1) is 28.0 Å². The first-order valence-corrected chi connectivity index (χ1v) is 9.42. The summed E-state index contributed by atoms with van der Waals surface area (Å²) in [6, 6.07) is 7.20. The Kier molecular flexibility index (Phi) is 6.85. The van der Waals surface area contributed by atoms with Crippen LogP contribution in [-0.4, -0.2) is 26.8 Å². The second-order valence-corrected chi connectivity index (χ2v) is 7.89. The van der Waals surface area contributed by atoms with Crippen LogP contribution in [-0.2, 0) is 4.79 Å². The summed E-state index contributed by atoms with van der Waals surface area (Å²) in [6.45, 7) is 6.12. The third-order valence-electron chi connectivity index (χ3n) is 4.63. The molecule has 27 heavy (non-hydrogen) atoms. The van der Waals surface area contributed by atoms with Crippen molar-refractivity contribution in [1.82, 2.24) is 14.8 Å². The van der Waals surface area contributed by atoms with E-state index in [0.717, 1.165) is 27.7 Å². The van der Waals surface area contributed by atoms with E-state index < -0.39 is 6.04 Å². The minimum Gasteiger partial charge on any atom is -0.542 e. The average Bonchev–Trinajstić information content (AvgIpc) is 3.09. The molecule has 2 aromatic heterocycles. The molecule has 0 bridgehead atoms. The van der Waals surface area contributed by atoms with Crippen LogP contribution in [0.15, 0.2) is 29.3 Å². The Morgan fingerprint density at radius 3 is 2.56 bits per heavy atom. The predicted molar refractivity (Wildman–Crippen MR) is 104 cm³/mol. The molecule has 1 atom stereocenters. The van der Waals surface area contributed by atoms with Crippen LogP contribution in [0.2, 0.25) is 5.02 Å². The molecule has 0 N–H and O–H groups in total. The van der Waals surface area contributed by atoms with Crippen LogP contribution in [0.5, 0.6) is 0 Å². The van der Waals surface area contributed by atoms with Crippen LogP contribution in [0.1, 0.15) is 45.7 Å². The van der Waals surface area contributed by atoms with Crippen molar-refractivity contribution in [2.24, 2.45) is 4.99 Å².